The van der Waals surface area contributed by atoms with Gasteiger partial charge in [-0.3, -0.25) is 0 Å². The first-order valence-electron chi connectivity index (χ1n) is 10.5. The van der Waals surface area contributed by atoms with Crippen LogP contribution in [-0.4, -0.2) is 49.1 Å². The van der Waals surface area contributed by atoms with Gasteiger partial charge in [0.2, 0.25) is 0 Å². The number of piperidine rings is 1. The van der Waals surface area contributed by atoms with E-state index in [0.29, 0.717) is 27.7 Å². The van der Waals surface area contributed by atoms with Crippen LogP contribution in [-0.2, 0) is 10.0 Å². The molecular formula is C23H27BrN2O4S. The Morgan fingerprint density at radius 1 is 1.13 bits per heavy atom. The summed E-state index contributed by atoms with van der Waals surface area (Å²) in [6, 6.07) is 12.1. The van der Waals surface area contributed by atoms with Crippen LogP contribution in [0.5, 0.6) is 5.75 Å². The number of rotatable bonds is 7. The Hall–Kier alpha value is -1.87. The van der Waals surface area contributed by atoms with Gasteiger partial charge in [0.15, 0.2) is 0 Å². The largest absolute Gasteiger partial charge is 0.497 e. The summed E-state index contributed by atoms with van der Waals surface area (Å²) in [6.07, 6.45) is 5.07. The molecule has 2 heterocycles. The minimum Gasteiger partial charge on any atom is -0.497 e. The topological polar surface area (TPSA) is 71.8 Å². The average Bonchev–Trinajstić information content (AvgIpc) is 3.18. The van der Waals surface area contributed by atoms with E-state index < -0.39 is 16.1 Å². The van der Waals surface area contributed by atoms with E-state index in [1.165, 1.54) is 36.4 Å². The van der Waals surface area contributed by atoms with Crippen LogP contribution >= 0.6 is 15.9 Å². The third kappa shape index (κ3) is 4.53. The number of aliphatic hydroxyl groups excluding tert-OH is 1. The molecule has 1 unspecified atom stereocenters. The van der Waals surface area contributed by atoms with Gasteiger partial charge in [-0.05, 0) is 72.5 Å². The molecule has 0 amide bonds. The molecule has 8 heteroatoms. The van der Waals surface area contributed by atoms with E-state index in [-0.39, 0.29) is 4.90 Å². The number of methoxy groups -OCH3 is 1. The maximum Gasteiger partial charge on any atom is 0.269 e. The number of halogens is 1. The zero-order valence-corrected chi connectivity index (χ0v) is 19.9. The summed E-state index contributed by atoms with van der Waals surface area (Å²) in [5.41, 5.74) is 1.19. The molecule has 2 aromatic carbocycles. The first kappa shape index (κ1) is 22.3. The summed E-state index contributed by atoms with van der Waals surface area (Å²) in [5, 5.41) is 11.7. The van der Waals surface area contributed by atoms with Crippen LogP contribution < -0.4 is 4.74 Å². The summed E-state index contributed by atoms with van der Waals surface area (Å²) in [4.78, 5) is 2.51. The molecule has 166 valence electrons. The Kier molecular flexibility index (Phi) is 6.71. The third-order valence-corrected chi connectivity index (χ3v) is 8.56. The fraction of sp³-hybridized carbons (Fsp3) is 0.391. The smallest absolute Gasteiger partial charge is 0.269 e. The fourth-order valence-electron chi connectivity index (χ4n) is 4.21. The molecule has 1 atom stereocenters. The number of fused-ring (bicyclic) bond motifs is 1. The van der Waals surface area contributed by atoms with Gasteiger partial charge >= 0.3 is 0 Å². The number of para-hydroxylation sites is 1. The molecule has 31 heavy (non-hydrogen) atoms. The monoisotopic (exact) mass is 506 g/mol. The molecule has 0 saturated carbocycles. The molecule has 1 saturated heterocycles. The van der Waals surface area contributed by atoms with Crippen LogP contribution in [0.2, 0.25) is 0 Å². The van der Waals surface area contributed by atoms with E-state index in [1.807, 2.05) is 12.1 Å². The molecule has 4 rings (SSSR count). The van der Waals surface area contributed by atoms with Crippen molar-refractivity contribution in [3.8, 4) is 5.75 Å². The molecule has 0 bridgehead atoms. The minimum absolute atomic E-state index is 0.142. The highest BCUT2D eigenvalue weighted by atomic mass is 79.9. The SMILES string of the molecule is COc1ccc(S(=O)(=O)n2cc(C(O)CCN3CCCCC3)c3ccccc32)c(Br)c1. The summed E-state index contributed by atoms with van der Waals surface area (Å²) in [7, 11) is -2.34. The molecule has 6 nitrogen and oxygen atoms in total. The molecule has 1 aromatic heterocycles. The first-order valence-corrected chi connectivity index (χ1v) is 12.7. The quantitative estimate of drug-likeness (QED) is 0.508. The predicted molar refractivity (Wildman–Crippen MR) is 125 cm³/mol. The van der Waals surface area contributed by atoms with Gasteiger partial charge in [0.05, 0.1) is 18.7 Å². The molecule has 3 aromatic rings. The van der Waals surface area contributed by atoms with Gasteiger partial charge < -0.3 is 14.7 Å². The van der Waals surface area contributed by atoms with Crippen molar-refractivity contribution >= 4 is 36.9 Å². The standard InChI is InChI=1S/C23H27BrN2O4S/c1-30-17-9-10-23(20(24)15-17)31(28,29)26-16-19(18-7-3-4-8-21(18)26)22(27)11-14-25-12-5-2-6-13-25/h3-4,7-10,15-16,22,27H,2,5-6,11-14H2,1H3. The van der Waals surface area contributed by atoms with E-state index in [0.717, 1.165) is 25.0 Å². The van der Waals surface area contributed by atoms with Crippen molar-refractivity contribution in [2.45, 2.75) is 36.7 Å². The maximum atomic E-state index is 13.5. The summed E-state index contributed by atoms with van der Waals surface area (Å²) in [6.45, 7) is 2.93. The van der Waals surface area contributed by atoms with E-state index in [2.05, 4.69) is 20.8 Å². The van der Waals surface area contributed by atoms with E-state index in [1.54, 1.807) is 30.5 Å². The van der Waals surface area contributed by atoms with Crippen LogP contribution in [0.3, 0.4) is 0 Å². The normalized spacial score (nSPS) is 16.5. The Labute approximate surface area is 191 Å². The van der Waals surface area contributed by atoms with Crippen LogP contribution in [0.4, 0.5) is 0 Å². The number of nitrogens with zero attached hydrogens (tertiary/aromatic N) is 2. The first-order chi connectivity index (χ1) is 14.9. The van der Waals surface area contributed by atoms with Crippen molar-refractivity contribution in [2.24, 2.45) is 0 Å². The Bertz CT molecular complexity index is 1170. The molecule has 0 spiro atoms. The molecule has 0 aliphatic carbocycles. The number of aromatic nitrogens is 1. The number of hydrogen-bond acceptors (Lipinski definition) is 5. The lowest BCUT2D eigenvalue weighted by Crippen LogP contribution is -2.31. The van der Waals surface area contributed by atoms with Gasteiger partial charge in [-0.2, -0.15) is 0 Å². The van der Waals surface area contributed by atoms with Gasteiger partial charge in [0, 0.05) is 28.2 Å². The van der Waals surface area contributed by atoms with Gasteiger partial charge in [-0.15, -0.1) is 0 Å². The number of hydrogen-bond donors (Lipinski definition) is 1. The minimum atomic E-state index is -3.88. The van der Waals surface area contributed by atoms with Gasteiger partial charge in [0.25, 0.3) is 10.0 Å². The maximum absolute atomic E-state index is 13.5. The molecule has 1 aliphatic heterocycles. The lowest BCUT2D eigenvalue weighted by molar-refractivity contribution is 0.135. The number of likely N-dealkylation sites (tertiary alicyclic amines) is 1. The second kappa shape index (κ2) is 9.32. The van der Waals surface area contributed by atoms with Crippen molar-refractivity contribution in [2.75, 3.05) is 26.7 Å². The fourth-order valence-corrected chi connectivity index (χ4v) is 6.61. The lowest BCUT2D eigenvalue weighted by Gasteiger charge is -2.27. The Morgan fingerprint density at radius 2 is 1.87 bits per heavy atom. The van der Waals surface area contributed by atoms with Crippen LogP contribution in [0.15, 0.2) is 58.0 Å². The van der Waals surface area contributed by atoms with E-state index >= 15 is 0 Å². The summed E-state index contributed by atoms with van der Waals surface area (Å²) < 4.78 is 33.9. The van der Waals surface area contributed by atoms with E-state index in [9.17, 15) is 13.5 Å². The molecule has 1 N–H and O–H groups in total. The highest BCUT2D eigenvalue weighted by Gasteiger charge is 2.26. The summed E-state index contributed by atoms with van der Waals surface area (Å²) >= 11 is 3.36. The van der Waals surface area contributed by atoms with Crippen molar-refractivity contribution in [1.82, 2.24) is 8.87 Å². The van der Waals surface area contributed by atoms with Crippen molar-refractivity contribution in [1.29, 1.82) is 0 Å². The summed E-state index contributed by atoms with van der Waals surface area (Å²) in [5.74, 6) is 0.567. The molecular weight excluding hydrogens is 480 g/mol. The highest BCUT2D eigenvalue weighted by molar-refractivity contribution is 9.10. The zero-order valence-electron chi connectivity index (χ0n) is 17.5. The Balaban J connectivity index is 1.69. The van der Waals surface area contributed by atoms with Crippen LogP contribution in [0.25, 0.3) is 10.9 Å². The highest BCUT2D eigenvalue weighted by Crippen LogP contribution is 2.34. The van der Waals surface area contributed by atoms with Crippen molar-refractivity contribution < 1.29 is 18.3 Å². The van der Waals surface area contributed by atoms with Gasteiger partial charge in [0.1, 0.15) is 10.6 Å². The number of ether oxygens (including phenoxy) is 1. The predicted octanol–water partition coefficient (Wildman–Crippen LogP) is 4.56. The van der Waals surface area contributed by atoms with Crippen LogP contribution in [0, 0.1) is 0 Å². The van der Waals surface area contributed by atoms with Gasteiger partial charge in [-0.25, -0.2) is 12.4 Å². The second-order valence-corrected chi connectivity index (χ2v) is 10.5. The zero-order chi connectivity index (χ0) is 22.0. The van der Waals surface area contributed by atoms with E-state index in [4.69, 9.17) is 4.74 Å². The third-order valence-electron chi connectivity index (χ3n) is 5.91. The molecule has 1 aliphatic rings. The van der Waals surface area contributed by atoms with Crippen LogP contribution in [0.1, 0.15) is 37.4 Å². The number of benzene rings is 2. The van der Waals surface area contributed by atoms with Crippen molar-refractivity contribution in [3.05, 3.63) is 58.7 Å². The average molecular weight is 507 g/mol. The second-order valence-electron chi connectivity index (χ2n) is 7.91. The lowest BCUT2D eigenvalue weighted by atomic mass is 10.0. The van der Waals surface area contributed by atoms with Gasteiger partial charge in [-0.1, -0.05) is 24.6 Å². The molecule has 0 radical (unpaired) electrons. The Morgan fingerprint density at radius 3 is 2.58 bits per heavy atom. The molecule has 1 fully saturated rings. The number of aliphatic hydroxyl groups is 1. The van der Waals surface area contributed by atoms with Crippen molar-refractivity contribution in [3.63, 3.8) is 0 Å².